The van der Waals surface area contributed by atoms with Gasteiger partial charge < -0.3 is 10.8 Å². The summed E-state index contributed by atoms with van der Waals surface area (Å²) in [4.78, 5) is 11.6. The van der Waals surface area contributed by atoms with Gasteiger partial charge in [-0.15, -0.1) is 0 Å². The van der Waals surface area contributed by atoms with Crippen molar-refractivity contribution in [1.29, 1.82) is 0 Å². The van der Waals surface area contributed by atoms with E-state index in [1.54, 1.807) is 0 Å². The summed E-state index contributed by atoms with van der Waals surface area (Å²) in [6.07, 6.45) is 6.50. The van der Waals surface area contributed by atoms with Gasteiger partial charge in [0.1, 0.15) is 5.78 Å². The molecule has 2 unspecified atom stereocenters. The Morgan fingerprint density at radius 3 is 2.35 bits per heavy atom. The third-order valence-electron chi connectivity index (χ3n) is 5.59. The Bertz CT molecular complexity index is 310. The zero-order valence-electron chi connectivity index (χ0n) is 13.4. The first-order valence-electron chi connectivity index (χ1n) is 8.05. The lowest BCUT2D eigenvalue weighted by Gasteiger charge is -2.68. The second-order valence-electron chi connectivity index (χ2n) is 6.50. The molecular weight excluding hydrogens is 252 g/mol. The van der Waals surface area contributed by atoms with Crippen LogP contribution in [0.15, 0.2) is 0 Å². The molecule has 2 aliphatic rings. The quantitative estimate of drug-likeness (QED) is 0.494. The van der Waals surface area contributed by atoms with Crippen molar-refractivity contribution < 1.29 is 9.90 Å². The summed E-state index contributed by atoms with van der Waals surface area (Å²) in [5, 5.41) is 11.0. The standard InChI is InChI=1S/C11H18O.C5H14N2O/c1-4-10-5-6-11(10,8(2)3)7-9(10)12;6-3-1-2-4-7-5-8/h8H,4-7H2,1-3H3;7-8H,1-6H2. The monoisotopic (exact) mass is 284 g/mol. The third-order valence-corrected chi connectivity index (χ3v) is 5.59. The molecule has 118 valence electrons. The van der Waals surface area contributed by atoms with Gasteiger partial charge in [-0.2, -0.15) is 0 Å². The lowest BCUT2D eigenvalue weighted by Crippen LogP contribution is -2.68. The molecule has 2 fully saturated rings. The van der Waals surface area contributed by atoms with E-state index < -0.39 is 0 Å². The first-order valence-corrected chi connectivity index (χ1v) is 8.05. The number of nitrogens with two attached hydrogens (primary N) is 1. The van der Waals surface area contributed by atoms with Crippen LogP contribution in [0.1, 0.15) is 59.3 Å². The number of carbonyl (C=O) groups excluding carboxylic acids is 1. The van der Waals surface area contributed by atoms with E-state index in [-0.39, 0.29) is 12.1 Å². The van der Waals surface area contributed by atoms with Crippen molar-refractivity contribution in [2.75, 3.05) is 19.8 Å². The van der Waals surface area contributed by atoms with Crippen LogP contribution in [0.2, 0.25) is 0 Å². The van der Waals surface area contributed by atoms with E-state index in [4.69, 9.17) is 10.8 Å². The molecule has 4 heteroatoms. The van der Waals surface area contributed by atoms with Gasteiger partial charge in [-0.05, 0) is 56.5 Å². The number of unbranched alkanes of at least 4 members (excludes halogenated alkanes) is 1. The summed E-state index contributed by atoms with van der Waals surface area (Å²) in [5.41, 5.74) is 5.79. The van der Waals surface area contributed by atoms with Crippen LogP contribution in [0, 0.1) is 16.7 Å². The third kappa shape index (κ3) is 2.92. The summed E-state index contributed by atoms with van der Waals surface area (Å²) in [6, 6.07) is 0. The number of Topliss-reactive ketones (excluding diaryl/α,β-unsaturated/α-hetero) is 1. The van der Waals surface area contributed by atoms with Crippen LogP contribution in [0.3, 0.4) is 0 Å². The number of nitrogens with one attached hydrogen (secondary N) is 1. The lowest BCUT2D eigenvalue weighted by molar-refractivity contribution is -0.204. The van der Waals surface area contributed by atoms with E-state index in [1.807, 2.05) is 0 Å². The number of aliphatic hydroxyl groups excluding tert-OH is 1. The molecule has 2 atom stereocenters. The fourth-order valence-corrected chi connectivity index (χ4v) is 4.02. The Kier molecular flexibility index (Phi) is 6.62. The molecule has 0 heterocycles. The van der Waals surface area contributed by atoms with Crippen LogP contribution >= 0.6 is 0 Å². The largest absolute Gasteiger partial charge is 0.381 e. The molecule has 0 aromatic rings. The normalized spacial score (nSPS) is 31.0. The molecule has 20 heavy (non-hydrogen) atoms. The van der Waals surface area contributed by atoms with Gasteiger partial charge in [0.2, 0.25) is 0 Å². The Morgan fingerprint density at radius 2 is 2.05 bits per heavy atom. The first kappa shape index (κ1) is 17.6. The van der Waals surface area contributed by atoms with Crippen LogP contribution in [0.5, 0.6) is 0 Å². The smallest absolute Gasteiger partial charge is 0.140 e. The fraction of sp³-hybridized carbons (Fsp3) is 0.938. The van der Waals surface area contributed by atoms with Gasteiger partial charge >= 0.3 is 0 Å². The minimum atomic E-state index is 0.0740. The zero-order chi connectivity index (χ0) is 15.2. The van der Waals surface area contributed by atoms with Crippen molar-refractivity contribution in [3.8, 4) is 0 Å². The van der Waals surface area contributed by atoms with E-state index in [2.05, 4.69) is 26.1 Å². The highest BCUT2D eigenvalue weighted by atomic mass is 16.3. The van der Waals surface area contributed by atoms with Gasteiger partial charge in [0.05, 0.1) is 6.73 Å². The molecule has 2 aliphatic carbocycles. The Morgan fingerprint density at radius 1 is 1.35 bits per heavy atom. The topological polar surface area (TPSA) is 75.4 Å². The van der Waals surface area contributed by atoms with Crippen LogP contribution < -0.4 is 11.1 Å². The number of fused-ring (bicyclic) bond motifs is 1. The SMILES string of the molecule is CCC12CCC1(C(C)C)CC2=O.NCCCCNCO. The maximum Gasteiger partial charge on any atom is 0.140 e. The van der Waals surface area contributed by atoms with E-state index >= 15 is 0 Å². The molecule has 4 N–H and O–H groups in total. The Balaban J connectivity index is 0.000000221. The molecule has 0 aromatic heterocycles. The van der Waals surface area contributed by atoms with Crippen molar-refractivity contribution in [1.82, 2.24) is 5.32 Å². The van der Waals surface area contributed by atoms with Gasteiger partial charge in [-0.25, -0.2) is 0 Å². The predicted molar refractivity (Wildman–Crippen MR) is 82.2 cm³/mol. The summed E-state index contributed by atoms with van der Waals surface area (Å²) in [7, 11) is 0. The molecule has 0 bridgehead atoms. The number of carbonyl (C=O) groups is 1. The Labute approximate surface area is 123 Å². The highest BCUT2D eigenvalue weighted by molar-refractivity contribution is 5.94. The lowest BCUT2D eigenvalue weighted by atomic mass is 9.33. The molecule has 2 rings (SSSR count). The van der Waals surface area contributed by atoms with Crippen molar-refractivity contribution >= 4 is 5.78 Å². The van der Waals surface area contributed by atoms with E-state index in [0.717, 1.165) is 38.8 Å². The number of hydrogen-bond acceptors (Lipinski definition) is 4. The summed E-state index contributed by atoms with van der Waals surface area (Å²) in [6.45, 7) is 8.41. The highest BCUT2D eigenvalue weighted by Crippen LogP contribution is 2.72. The molecule has 0 aliphatic heterocycles. The van der Waals surface area contributed by atoms with Gasteiger partial charge in [-0.3, -0.25) is 10.1 Å². The molecule has 4 nitrogen and oxygen atoms in total. The van der Waals surface area contributed by atoms with Crippen LogP contribution in [-0.2, 0) is 4.79 Å². The number of hydrogen-bond donors (Lipinski definition) is 3. The summed E-state index contributed by atoms with van der Waals surface area (Å²) < 4.78 is 0. The molecule has 0 saturated heterocycles. The van der Waals surface area contributed by atoms with Crippen LogP contribution in [-0.4, -0.2) is 30.7 Å². The van der Waals surface area contributed by atoms with E-state index in [0.29, 0.717) is 17.1 Å². The minimum absolute atomic E-state index is 0.0740. The van der Waals surface area contributed by atoms with Crippen LogP contribution in [0.4, 0.5) is 0 Å². The predicted octanol–water partition coefficient (Wildman–Crippen LogP) is 2.06. The fourth-order valence-electron chi connectivity index (χ4n) is 4.02. The van der Waals surface area contributed by atoms with Crippen molar-refractivity contribution in [3.63, 3.8) is 0 Å². The number of ketones is 1. The van der Waals surface area contributed by atoms with Gasteiger partial charge in [0, 0.05) is 11.8 Å². The van der Waals surface area contributed by atoms with E-state index in [1.165, 1.54) is 12.8 Å². The molecule has 0 spiro atoms. The maximum absolute atomic E-state index is 11.6. The molecule has 0 amide bonds. The minimum Gasteiger partial charge on any atom is -0.381 e. The van der Waals surface area contributed by atoms with Gasteiger partial charge in [0.25, 0.3) is 0 Å². The van der Waals surface area contributed by atoms with Crippen LogP contribution in [0.25, 0.3) is 0 Å². The van der Waals surface area contributed by atoms with Crippen molar-refractivity contribution in [3.05, 3.63) is 0 Å². The molecule has 0 aromatic carbocycles. The van der Waals surface area contributed by atoms with E-state index in [9.17, 15) is 4.79 Å². The number of aliphatic hydroxyl groups is 1. The average molecular weight is 284 g/mol. The van der Waals surface area contributed by atoms with Gasteiger partial charge in [-0.1, -0.05) is 20.8 Å². The zero-order valence-corrected chi connectivity index (χ0v) is 13.4. The first-order chi connectivity index (χ1) is 9.50. The summed E-state index contributed by atoms with van der Waals surface area (Å²) in [5.74, 6) is 1.24. The Hall–Kier alpha value is -0.450. The highest BCUT2D eigenvalue weighted by Gasteiger charge is 2.70. The summed E-state index contributed by atoms with van der Waals surface area (Å²) >= 11 is 0. The van der Waals surface area contributed by atoms with Crippen molar-refractivity contribution in [2.24, 2.45) is 22.5 Å². The second-order valence-corrected chi connectivity index (χ2v) is 6.50. The molecule has 2 saturated carbocycles. The molecule has 0 radical (unpaired) electrons. The maximum atomic E-state index is 11.6. The average Bonchev–Trinajstić information content (AvgIpc) is 2.41. The number of rotatable bonds is 7. The van der Waals surface area contributed by atoms with Crippen molar-refractivity contribution in [2.45, 2.75) is 59.3 Å². The molecular formula is C16H32N2O2. The second kappa shape index (κ2) is 7.53. The van der Waals surface area contributed by atoms with Gasteiger partial charge in [0.15, 0.2) is 0 Å².